The van der Waals surface area contributed by atoms with E-state index in [1.165, 1.54) is 5.56 Å². The number of methoxy groups -OCH3 is 1. The lowest BCUT2D eigenvalue weighted by Crippen LogP contribution is -1.97. The Morgan fingerprint density at radius 3 is 2.61 bits per heavy atom. The molecule has 5 heteroatoms. The number of nitrogens with zero attached hydrogens (tertiary/aromatic N) is 1. The molecule has 2 aromatic rings. The third-order valence-corrected chi connectivity index (χ3v) is 4.89. The maximum atomic E-state index is 5.65. The number of rotatable bonds is 3. The van der Waals surface area contributed by atoms with Crippen LogP contribution in [0.3, 0.4) is 0 Å². The summed E-state index contributed by atoms with van der Waals surface area (Å²) < 4.78 is 6.33. The van der Waals surface area contributed by atoms with E-state index in [-0.39, 0.29) is 0 Å². The van der Waals surface area contributed by atoms with E-state index in [2.05, 4.69) is 34.8 Å². The van der Waals surface area contributed by atoms with E-state index in [1.54, 1.807) is 18.4 Å². The third-order valence-electron chi connectivity index (χ3n) is 3.03. The van der Waals surface area contributed by atoms with Crippen molar-refractivity contribution < 1.29 is 4.74 Å². The summed E-state index contributed by atoms with van der Waals surface area (Å²) in [4.78, 5) is 4.56. The molecule has 18 heavy (non-hydrogen) atoms. The van der Waals surface area contributed by atoms with Gasteiger partial charge in [0, 0.05) is 12.1 Å². The summed E-state index contributed by atoms with van der Waals surface area (Å²) in [6, 6.07) is 4.03. The van der Waals surface area contributed by atoms with Crippen molar-refractivity contribution in [1.82, 2.24) is 4.98 Å². The SMILES string of the molecule is COc1ccc(-c2nc(CN)c(Br)s2)c(C)c1C. The molecule has 0 unspecified atom stereocenters. The van der Waals surface area contributed by atoms with Gasteiger partial charge in [-0.2, -0.15) is 0 Å². The highest BCUT2D eigenvalue weighted by molar-refractivity contribution is 9.11. The summed E-state index contributed by atoms with van der Waals surface area (Å²) >= 11 is 5.11. The Morgan fingerprint density at radius 1 is 1.33 bits per heavy atom. The first-order valence-corrected chi connectivity index (χ1v) is 7.19. The summed E-state index contributed by atoms with van der Waals surface area (Å²) in [7, 11) is 1.69. The van der Waals surface area contributed by atoms with Gasteiger partial charge in [-0.15, -0.1) is 11.3 Å². The van der Waals surface area contributed by atoms with Crippen molar-refractivity contribution in [3.05, 3.63) is 32.7 Å². The van der Waals surface area contributed by atoms with Crippen LogP contribution in [0.15, 0.2) is 15.9 Å². The van der Waals surface area contributed by atoms with Crippen LogP contribution in [0, 0.1) is 13.8 Å². The van der Waals surface area contributed by atoms with Gasteiger partial charge in [-0.25, -0.2) is 4.98 Å². The predicted octanol–water partition coefficient (Wildman–Crippen LogP) is 3.66. The molecule has 0 radical (unpaired) electrons. The van der Waals surface area contributed by atoms with Crippen molar-refractivity contribution in [3.63, 3.8) is 0 Å². The van der Waals surface area contributed by atoms with Crippen LogP contribution in [0.2, 0.25) is 0 Å². The zero-order chi connectivity index (χ0) is 13.3. The molecule has 1 aromatic heterocycles. The molecular formula is C13H15BrN2OS. The number of nitrogens with two attached hydrogens (primary N) is 1. The normalized spacial score (nSPS) is 10.7. The van der Waals surface area contributed by atoms with E-state index in [0.717, 1.165) is 31.4 Å². The van der Waals surface area contributed by atoms with Crippen LogP contribution >= 0.6 is 27.3 Å². The number of benzene rings is 1. The topological polar surface area (TPSA) is 48.1 Å². The van der Waals surface area contributed by atoms with Crippen molar-refractivity contribution in [3.8, 4) is 16.3 Å². The number of ether oxygens (including phenoxy) is 1. The molecule has 0 atom stereocenters. The third kappa shape index (κ3) is 2.30. The van der Waals surface area contributed by atoms with Gasteiger partial charge in [0.05, 0.1) is 16.6 Å². The molecule has 0 aliphatic heterocycles. The number of hydrogen-bond acceptors (Lipinski definition) is 4. The zero-order valence-corrected chi connectivity index (χ0v) is 13.0. The van der Waals surface area contributed by atoms with Gasteiger partial charge >= 0.3 is 0 Å². The van der Waals surface area contributed by atoms with Gasteiger partial charge in [0.25, 0.3) is 0 Å². The van der Waals surface area contributed by atoms with Gasteiger partial charge in [0.1, 0.15) is 10.8 Å². The highest BCUT2D eigenvalue weighted by Crippen LogP contribution is 2.36. The number of hydrogen-bond donors (Lipinski definition) is 1. The zero-order valence-electron chi connectivity index (χ0n) is 10.6. The smallest absolute Gasteiger partial charge is 0.125 e. The summed E-state index contributed by atoms with van der Waals surface area (Å²) in [5, 5.41) is 0.991. The van der Waals surface area contributed by atoms with Gasteiger partial charge < -0.3 is 10.5 Å². The van der Waals surface area contributed by atoms with Crippen LogP contribution in [-0.2, 0) is 6.54 Å². The Bertz CT molecular complexity index is 581. The molecule has 0 bridgehead atoms. The Hall–Kier alpha value is -0.910. The molecule has 0 aliphatic carbocycles. The summed E-state index contributed by atoms with van der Waals surface area (Å²) in [5.41, 5.74) is 10.0. The first-order valence-electron chi connectivity index (χ1n) is 5.58. The molecule has 0 amide bonds. The molecule has 3 nitrogen and oxygen atoms in total. The van der Waals surface area contributed by atoms with Crippen LogP contribution in [0.5, 0.6) is 5.75 Å². The van der Waals surface area contributed by atoms with Crippen LogP contribution in [0.25, 0.3) is 10.6 Å². The van der Waals surface area contributed by atoms with Crippen molar-refractivity contribution >= 4 is 27.3 Å². The summed E-state index contributed by atoms with van der Waals surface area (Å²) in [5.74, 6) is 0.908. The second-order valence-corrected chi connectivity index (χ2v) is 6.33. The summed E-state index contributed by atoms with van der Waals surface area (Å²) in [6.07, 6.45) is 0. The molecule has 0 saturated carbocycles. The van der Waals surface area contributed by atoms with Gasteiger partial charge in [0.15, 0.2) is 0 Å². The average molecular weight is 327 g/mol. The molecule has 0 aliphatic rings. The lowest BCUT2D eigenvalue weighted by atomic mass is 10.0. The van der Waals surface area contributed by atoms with Gasteiger partial charge in [-0.1, -0.05) is 0 Å². The van der Waals surface area contributed by atoms with E-state index in [1.807, 2.05) is 12.1 Å². The van der Waals surface area contributed by atoms with E-state index >= 15 is 0 Å². The van der Waals surface area contributed by atoms with Gasteiger partial charge in [-0.05, 0) is 53.0 Å². The number of halogens is 1. The molecule has 0 fully saturated rings. The number of thiazole rings is 1. The van der Waals surface area contributed by atoms with E-state index < -0.39 is 0 Å². The van der Waals surface area contributed by atoms with Crippen LogP contribution in [0.4, 0.5) is 0 Å². The highest BCUT2D eigenvalue weighted by Gasteiger charge is 2.14. The molecule has 0 saturated heterocycles. The molecule has 96 valence electrons. The minimum atomic E-state index is 0.450. The summed E-state index contributed by atoms with van der Waals surface area (Å²) in [6.45, 7) is 4.60. The van der Waals surface area contributed by atoms with Crippen molar-refractivity contribution in [2.75, 3.05) is 7.11 Å². The molecule has 0 spiro atoms. The predicted molar refractivity (Wildman–Crippen MR) is 79.2 cm³/mol. The van der Waals surface area contributed by atoms with E-state index in [9.17, 15) is 0 Å². The van der Waals surface area contributed by atoms with E-state index in [4.69, 9.17) is 10.5 Å². The monoisotopic (exact) mass is 326 g/mol. The molecule has 2 rings (SSSR count). The minimum absolute atomic E-state index is 0.450. The quantitative estimate of drug-likeness (QED) is 0.936. The second-order valence-electron chi connectivity index (χ2n) is 4.01. The number of aromatic nitrogens is 1. The molecule has 2 N–H and O–H groups in total. The fraction of sp³-hybridized carbons (Fsp3) is 0.308. The fourth-order valence-corrected chi connectivity index (χ4v) is 3.44. The van der Waals surface area contributed by atoms with Gasteiger partial charge in [0.2, 0.25) is 0 Å². The lowest BCUT2D eigenvalue weighted by Gasteiger charge is -2.10. The second kappa shape index (κ2) is 5.38. The maximum Gasteiger partial charge on any atom is 0.125 e. The van der Waals surface area contributed by atoms with E-state index in [0.29, 0.717) is 6.54 Å². The van der Waals surface area contributed by atoms with Crippen LogP contribution in [0.1, 0.15) is 16.8 Å². The Kier molecular flexibility index (Phi) is 4.04. The maximum absolute atomic E-state index is 5.65. The molecule has 1 heterocycles. The Labute approximate surface area is 119 Å². The standard InChI is InChI=1S/C13H15BrN2OS/c1-7-8(2)11(17-3)5-4-9(7)13-16-10(6-15)12(14)18-13/h4-5H,6,15H2,1-3H3. The van der Waals surface area contributed by atoms with Crippen molar-refractivity contribution in [2.24, 2.45) is 5.73 Å². The first-order chi connectivity index (χ1) is 8.58. The molecular weight excluding hydrogens is 312 g/mol. The Morgan fingerprint density at radius 2 is 2.06 bits per heavy atom. The van der Waals surface area contributed by atoms with Crippen molar-refractivity contribution in [1.29, 1.82) is 0 Å². The largest absolute Gasteiger partial charge is 0.496 e. The fourth-order valence-electron chi connectivity index (χ4n) is 1.82. The van der Waals surface area contributed by atoms with Crippen molar-refractivity contribution in [2.45, 2.75) is 20.4 Å². The lowest BCUT2D eigenvalue weighted by molar-refractivity contribution is 0.411. The minimum Gasteiger partial charge on any atom is -0.496 e. The average Bonchev–Trinajstić information content (AvgIpc) is 2.73. The highest BCUT2D eigenvalue weighted by atomic mass is 79.9. The van der Waals surface area contributed by atoms with Crippen LogP contribution < -0.4 is 10.5 Å². The van der Waals surface area contributed by atoms with Crippen LogP contribution in [-0.4, -0.2) is 12.1 Å². The first kappa shape index (κ1) is 13.5. The van der Waals surface area contributed by atoms with Gasteiger partial charge in [-0.3, -0.25) is 0 Å². The Balaban J connectivity index is 2.54. The molecule has 1 aromatic carbocycles.